The summed E-state index contributed by atoms with van der Waals surface area (Å²) in [7, 11) is 5.90. The van der Waals surface area contributed by atoms with Crippen LogP contribution in [0.15, 0.2) is 29.3 Å². The lowest BCUT2D eigenvalue weighted by molar-refractivity contribution is 0.254. The van der Waals surface area contributed by atoms with Crippen LogP contribution < -0.4 is 10.6 Å². The van der Waals surface area contributed by atoms with Gasteiger partial charge in [-0.05, 0) is 32.5 Å². The molecule has 0 aliphatic rings. The van der Waals surface area contributed by atoms with Crippen LogP contribution in [0.1, 0.15) is 25.8 Å². The Morgan fingerprint density at radius 1 is 1.23 bits per heavy atom. The van der Waals surface area contributed by atoms with Gasteiger partial charge in [0.15, 0.2) is 5.96 Å². The predicted molar refractivity (Wildman–Crippen MR) is 91.5 cm³/mol. The van der Waals surface area contributed by atoms with Crippen LogP contribution in [0, 0.1) is 11.7 Å². The molecule has 2 N–H and O–H groups in total. The van der Waals surface area contributed by atoms with Crippen LogP contribution in [0.5, 0.6) is 0 Å². The maximum atomic E-state index is 13.6. The number of guanidine groups is 1. The number of halogens is 1. The van der Waals surface area contributed by atoms with Crippen LogP contribution in [0.4, 0.5) is 4.39 Å². The van der Waals surface area contributed by atoms with Gasteiger partial charge < -0.3 is 15.5 Å². The fourth-order valence-electron chi connectivity index (χ4n) is 2.28. The number of likely N-dealkylation sites (N-methyl/N-ethyl adjacent to an activating group) is 1. The van der Waals surface area contributed by atoms with Crippen molar-refractivity contribution in [2.75, 3.05) is 27.7 Å². The quantitative estimate of drug-likeness (QED) is 0.600. The SMILES string of the molecule is CN=C(NCc1ccccc1F)NCC(CC(C)C)N(C)C. The first kappa shape index (κ1) is 18.4. The Balaban J connectivity index is 2.50. The molecule has 0 amide bonds. The zero-order valence-electron chi connectivity index (χ0n) is 14.4. The zero-order valence-corrected chi connectivity index (χ0v) is 14.4. The van der Waals surface area contributed by atoms with Gasteiger partial charge in [0.2, 0.25) is 0 Å². The monoisotopic (exact) mass is 308 g/mol. The number of nitrogens with zero attached hydrogens (tertiary/aromatic N) is 2. The van der Waals surface area contributed by atoms with Crippen LogP contribution in [-0.2, 0) is 6.54 Å². The number of hydrogen-bond acceptors (Lipinski definition) is 2. The lowest BCUT2D eigenvalue weighted by Gasteiger charge is -2.27. The number of rotatable bonds is 7. The summed E-state index contributed by atoms with van der Waals surface area (Å²) in [5.74, 6) is 1.14. The van der Waals surface area contributed by atoms with E-state index in [9.17, 15) is 4.39 Å². The standard InChI is InChI=1S/C17H29FN4/c1-13(2)10-15(22(4)5)12-21-17(19-3)20-11-14-8-6-7-9-16(14)18/h6-9,13,15H,10-12H2,1-5H3,(H2,19,20,21). The van der Waals surface area contributed by atoms with Crippen LogP contribution in [-0.4, -0.2) is 44.6 Å². The highest BCUT2D eigenvalue weighted by atomic mass is 19.1. The lowest BCUT2D eigenvalue weighted by atomic mass is 10.0. The average molecular weight is 308 g/mol. The van der Waals surface area contributed by atoms with Gasteiger partial charge in [0.25, 0.3) is 0 Å². The number of hydrogen-bond donors (Lipinski definition) is 2. The molecule has 124 valence electrons. The van der Waals surface area contributed by atoms with E-state index in [4.69, 9.17) is 0 Å². The van der Waals surface area contributed by atoms with Gasteiger partial charge in [-0.25, -0.2) is 4.39 Å². The van der Waals surface area contributed by atoms with Crippen LogP contribution in [0.2, 0.25) is 0 Å². The zero-order chi connectivity index (χ0) is 16.5. The summed E-state index contributed by atoms with van der Waals surface area (Å²) in [5, 5.41) is 6.48. The molecule has 1 aromatic rings. The molecule has 5 heteroatoms. The second-order valence-corrected chi connectivity index (χ2v) is 6.15. The molecule has 0 bridgehead atoms. The van der Waals surface area contributed by atoms with Crippen molar-refractivity contribution >= 4 is 5.96 Å². The van der Waals surface area contributed by atoms with Crippen molar-refractivity contribution in [1.29, 1.82) is 0 Å². The molecular weight excluding hydrogens is 279 g/mol. The molecule has 0 saturated carbocycles. The Morgan fingerprint density at radius 3 is 2.45 bits per heavy atom. The molecule has 1 atom stereocenters. The fourth-order valence-corrected chi connectivity index (χ4v) is 2.28. The van der Waals surface area contributed by atoms with E-state index in [1.807, 2.05) is 6.07 Å². The first-order valence-corrected chi connectivity index (χ1v) is 7.78. The van der Waals surface area contributed by atoms with Gasteiger partial charge in [-0.1, -0.05) is 32.0 Å². The molecule has 0 spiro atoms. The summed E-state index contributed by atoms with van der Waals surface area (Å²) in [5.41, 5.74) is 0.636. The summed E-state index contributed by atoms with van der Waals surface area (Å²) in [6.07, 6.45) is 1.12. The summed E-state index contributed by atoms with van der Waals surface area (Å²) in [4.78, 5) is 6.42. The summed E-state index contributed by atoms with van der Waals surface area (Å²) >= 11 is 0. The lowest BCUT2D eigenvalue weighted by Crippen LogP contribution is -2.45. The number of nitrogens with one attached hydrogen (secondary N) is 2. The highest BCUT2D eigenvalue weighted by Gasteiger charge is 2.13. The van der Waals surface area contributed by atoms with Gasteiger partial charge in [-0.3, -0.25) is 4.99 Å². The Morgan fingerprint density at radius 2 is 1.91 bits per heavy atom. The first-order valence-electron chi connectivity index (χ1n) is 7.78. The van der Waals surface area contributed by atoms with Crippen molar-refractivity contribution in [2.24, 2.45) is 10.9 Å². The Kier molecular flexibility index (Phi) is 7.88. The Labute approximate surface area is 133 Å². The van der Waals surface area contributed by atoms with E-state index < -0.39 is 0 Å². The van der Waals surface area contributed by atoms with E-state index in [0.717, 1.165) is 13.0 Å². The minimum absolute atomic E-state index is 0.198. The second-order valence-electron chi connectivity index (χ2n) is 6.15. The van der Waals surface area contributed by atoms with Crippen LogP contribution in [0.25, 0.3) is 0 Å². The molecule has 0 fully saturated rings. The van der Waals surface area contributed by atoms with Crippen molar-refractivity contribution < 1.29 is 4.39 Å². The molecule has 1 unspecified atom stereocenters. The van der Waals surface area contributed by atoms with Crippen LogP contribution >= 0.6 is 0 Å². The normalized spacial score (nSPS) is 13.5. The van der Waals surface area contributed by atoms with Gasteiger partial charge in [0.1, 0.15) is 5.82 Å². The largest absolute Gasteiger partial charge is 0.355 e. The maximum absolute atomic E-state index is 13.6. The highest BCUT2D eigenvalue weighted by Crippen LogP contribution is 2.08. The van der Waals surface area contributed by atoms with E-state index >= 15 is 0 Å². The molecule has 0 aliphatic carbocycles. The van der Waals surface area contributed by atoms with Gasteiger partial charge >= 0.3 is 0 Å². The molecule has 1 aromatic carbocycles. The topological polar surface area (TPSA) is 39.7 Å². The third-order valence-corrected chi connectivity index (χ3v) is 3.61. The smallest absolute Gasteiger partial charge is 0.191 e. The third kappa shape index (κ3) is 6.43. The van der Waals surface area contributed by atoms with E-state index in [2.05, 4.69) is 48.5 Å². The first-order chi connectivity index (χ1) is 10.4. The average Bonchev–Trinajstić information content (AvgIpc) is 2.47. The van der Waals surface area contributed by atoms with E-state index in [1.54, 1.807) is 19.2 Å². The van der Waals surface area contributed by atoms with Gasteiger partial charge in [0.05, 0.1) is 0 Å². The molecule has 1 rings (SSSR count). The highest BCUT2D eigenvalue weighted by molar-refractivity contribution is 5.79. The predicted octanol–water partition coefficient (Wildman–Crippen LogP) is 2.47. The van der Waals surface area contributed by atoms with Gasteiger partial charge in [-0.2, -0.15) is 0 Å². The molecular formula is C17H29FN4. The summed E-state index contributed by atoms with van der Waals surface area (Å²) in [6.45, 7) is 5.68. The van der Waals surface area contributed by atoms with Crippen molar-refractivity contribution in [3.05, 3.63) is 35.6 Å². The molecule has 4 nitrogen and oxygen atoms in total. The fraction of sp³-hybridized carbons (Fsp3) is 0.588. The van der Waals surface area contributed by atoms with Crippen molar-refractivity contribution in [3.8, 4) is 0 Å². The van der Waals surface area contributed by atoms with Crippen LogP contribution in [0.3, 0.4) is 0 Å². The third-order valence-electron chi connectivity index (χ3n) is 3.61. The molecule has 22 heavy (non-hydrogen) atoms. The molecule has 0 heterocycles. The Bertz CT molecular complexity index is 471. The molecule has 0 aliphatic heterocycles. The van der Waals surface area contributed by atoms with Gasteiger partial charge in [0, 0.05) is 31.7 Å². The van der Waals surface area contributed by atoms with Gasteiger partial charge in [-0.15, -0.1) is 0 Å². The van der Waals surface area contributed by atoms with Crippen molar-refractivity contribution in [3.63, 3.8) is 0 Å². The van der Waals surface area contributed by atoms with E-state index in [-0.39, 0.29) is 5.82 Å². The second kappa shape index (κ2) is 9.41. The molecule has 0 saturated heterocycles. The minimum atomic E-state index is -0.198. The van der Waals surface area contributed by atoms with Crippen molar-refractivity contribution in [2.45, 2.75) is 32.9 Å². The number of aliphatic imine (C=N–C) groups is 1. The number of benzene rings is 1. The maximum Gasteiger partial charge on any atom is 0.191 e. The summed E-state index contributed by atoms with van der Waals surface area (Å²) < 4.78 is 13.6. The minimum Gasteiger partial charge on any atom is -0.355 e. The summed E-state index contributed by atoms with van der Waals surface area (Å²) in [6, 6.07) is 7.21. The molecule has 0 radical (unpaired) electrons. The van der Waals surface area contributed by atoms with E-state index in [0.29, 0.717) is 30.0 Å². The molecule has 0 aromatic heterocycles. The van der Waals surface area contributed by atoms with E-state index in [1.165, 1.54) is 6.07 Å². The Hall–Kier alpha value is -1.62. The van der Waals surface area contributed by atoms with Crippen molar-refractivity contribution in [1.82, 2.24) is 15.5 Å².